The molecule has 1 heterocycles. The Bertz CT molecular complexity index is 401. The van der Waals surface area contributed by atoms with Gasteiger partial charge in [-0.05, 0) is 46.2 Å². The molecule has 1 aromatic rings. The van der Waals surface area contributed by atoms with Crippen LogP contribution in [0, 0.1) is 9.49 Å². The predicted octanol–water partition coefficient (Wildman–Crippen LogP) is 3.29. The summed E-state index contributed by atoms with van der Waals surface area (Å²) >= 11 is 2.33. The van der Waals surface area contributed by atoms with Gasteiger partial charge in [-0.1, -0.05) is 26.0 Å². The van der Waals surface area contributed by atoms with Crippen LogP contribution in [0.15, 0.2) is 29.3 Å². The van der Waals surface area contributed by atoms with Crippen molar-refractivity contribution in [3.8, 4) is 0 Å². The second-order valence-electron chi connectivity index (χ2n) is 4.45. The van der Waals surface area contributed by atoms with Crippen LogP contribution >= 0.6 is 22.6 Å². The summed E-state index contributed by atoms with van der Waals surface area (Å²) in [7, 11) is 0. The quantitative estimate of drug-likeness (QED) is 0.780. The monoisotopic (exact) mass is 329 g/mol. The number of halogens is 1. The van der Waals surface area contributed by atoms with Crippen molar-refractivity contribution >= 4 is 28.5 Å². The summed E-state index contributed by atoms with van der Waals surface area (Å²) in [4.78, 5) is 4.60. The highest BCUT2D eigenvalue weighted by Crippen LogP contribution is 2.16. The lowest BCUT2D eigenvalue weighted by Gasteiger charge is -2.06. The second kappa shape index (κ2) is 5.17. The van der Waals surface area contributed by atoms with Gasteiger partial charge in [0.2, 0.25) is 0 Å². The van der Waals surface area contributed by atoms with E-state index in [1.165, 1.54) is 9.13 Å². The van der Waals surface area contributed by atoms with E-state index >= 15 is 0 Å². The molecule has 0 radical (unpaired) electrons. The van der Waals surface area contributed by atoms with Crippen molar-refractivity contribution in [1.29, 1.82) is 0 Å². The average Bonchev–Trinajstić information content (AvgIpc) is 2.66. The number of benzene rings is 1. The first-order chi connectivity index (χ1) is 7.65. The molecule has 0 amide bonds. The average molecular weight is 329 g/mol. The van der Waals surface area contributed by atoms with Gasteiger partial charge in [-0.2, -0.15) is 0 Å². The fourth-order valence-corrected chi connectivity index (χ4v) is 2.31. The molecule has 0 saturated heterocycles. The van der Waals surface area contributed by atoms with Gasteiger partial charge < -0.3 is 4.74 Å². The molecule has 1 atom stereocenters. The zero-order valence-electron chi connectivity index (χ0n) is 9.61. The van der Waals surface area contributed by atoms with E-state index in [4.69, 9.17) is 4.74 Å². The Kier molecular flexibility index (Phi) is 3.84. The van der Waals surface area contributed by atoms with Crippen LogP contribution in [0.2, 0.25) is 0 Å². The second-order valence-corrected chi connectivity index (χ2v) is 5.70. The van der Waals surface area contributed by atoms with Crippen molar-refractivity contribution in [2.45, 2.75) is 26.3 Å². The van der Waals surface area contributed by atoms with E-state index in [0.29, 0.717) is 12.0 Å². The van der Waals surface area contributed by atoms with Gasteiger partial charge in [-0.3, -0.25) is 0 Å². The Labute approximate surface area is 110 Å². The Morgan fingerprint density at radius 1 is 1.50 bits per heavy atom. The standard InChI is InChI=1S/C13H16INO/c1-9(2)12-8-16-13(15-12)7-10-4-3-5-11(14)6-10/h3-6,9,12H,7-8H2,1-2H3/t12-/m1/s1. The van der Waals surface area contributed by atoms with E-state index in [0.717, 1.165) is 18.9 Å². The SMILES string of the molecule is CC(C)[C@H]1COC(Cc2cccc(I)c2)=N1. The summed E-state index contributed by atoms with van der Waals surface area (Å²) in [6.45, 7) is 5.12. The molecule has 16 heavy (non-hydrogen) atoms. The van der Waals surface area contributed by atoms with E-state index < -0.39 is 0 Å². The molecular weight excluding hydrogens is 313 g/mol. The van der Waals surface area contributed by atoms with Crippen LogP contribution in [-0.2, 0) is 11.2 Å². The molecule has 2 rings (SSSR count). The minimum atomic E-state index is 0.345. The lowest BCUT2D eigenvalue weighted by atomic mass is 10.1. The molecule has 1 aliphatic rings. The molecule has 0 fully saturated rings. The van der Waals surface area contributed by atoms with Gasteiger partial charge >= 0.3 is 0 Å². The van der Waals surface area contributed by atoms with E-state index in [1.807, 2.05) is 0 Å². The summed E-state index contributed by atoms with van der Waals surface area (Å²) in [6.07, 6.45) is 0.820. The minimum Gasteiger partial charge on any atom is -0.478 e. The summed E-state index contributed by atoms with van der Waals surface area (Å²) in [5, 5.41) is 0. The van der Waals surface area contributed by atoms with Crippen molar-refractivity contribution in [2.24, 2.45) is 10.9 Å². The Balaban J connectivity index is 2.03. The minimum absolute atomic E-state index is 0.345. The fraction of sp³-hybridized carbons (Fsp3) is 0.462. The first-order valence-electron chi connectivity index (χ1n) is 5.59. The topological polar surface area (TPSA) is 21.6 Å². The summed E-state index contributed by atoms with van der Waals surface area (Å²) in [5.74, 6) is 1.45. The van der Waals surface area contributed by atoms with Gasteiger partial charge in [0.15, 0.2) is 5.90 Å². The van der Waals surface area contributed by atoms with Crippen LogP contribution in [0.5, 0.6) is 0 Å². The van der Waals surface area contributed by atoms with Gasteiger partial charge in [-0.15, -0.1) is 0 Å². The highest BCUT2D eigenvalue weighted by Gasteiger charge is 2.21. The lowest BCUT2D eigenvalue weighted by molar-refractivity contribution is 0.287. The molecule has 2 nitrogen and oxygen atoms in total. The van der Waals surface area contributed by atoms with Gasteiger partial charge in [0.25, 0.3) is 0 Å². The number of rotatable bonds is 3. The first kappa shape index (κ1) is 11.9. The van der Waals surface area contributed by atoms with Crippen LogP contribution in [0.3, 0.4) is 0 Å². The molecule has 0 spiro atoms. The summed E-state index contributed by atoms with van der Waals surface area (Å²) in [6, 6.07) is 8.81. The number of aliphatic imine (C=N–C) groups is 1. The maximum absolute atomic E-state index is 5.62. The Morgan fingerprint density at radius 3 is 2.94 bits per heavy atom. The smallest absolute Gasteiger partial charge is 0.188 e. The lowest BCUT2D eigenvalue weighted by Crippen LogP contribution is -2.13. The number of nitrogens with zero attached hydrogens (tertiary/aromatic N) is 1. The van der Waals surface area contributed by atoms with Gasteiger partial charge in [0, 0.05) is 9.99 Å². The molecule has 0 aromatic heterocycles. The van der Waals surface area contributed by atoms with Crippen molar-refractivity contribution in [2.75, 3.05) is 6.61 Å². The van der Waals surface area contributed by atoms with Gasteiger partial charge in [-0.25, -0.2) is 4.99 Å². The normalized spacial score (nSPS) is 19.8. The Morgan fingerprint density at radius 2 is 2.31 bits per heavy atom. The number of ether oxygens (including phenoxy) is 1. The summed E-state index contributed by atoms with van der Waals surface area (Å²) < 4.78 is 6.88. The molecule has 86 valence electrons. The van der Waals surface area contributed by atoms with Gasteiger partial charge in [0.1, 0.15) is 6.61 Å². The van der Waals surface area contributed by atoms with Crippen molar-refractivity contribution in [3.05, 3.63) is 33.4 Å². The van der Waals surface area contributed by atoms with Crippen molar-refractivity contribution in [1.82, 2.24) is 0 Å². The maximum atomic E-state index is 5.62. The highest BCUT2D eigenvalue weighted by atomic mass is 127. The maximum Gasteiger partial charge on any atom is 0.188 e. The third kappa shape index (κ3) is 2.97. The molecular formula is C13H16INO. The highest BCUT2D eigenvalue weighted by molar-refractivity contribution is 14.1. The molecule has 0 bridgehead atoms. The van der Waals surface area contributed by atoms with E-state index in [-0.39, 0.29) is 0 Å². The van der Waals surface area contributed by atoms with Crippen molar-refractivity contribution in [3.63, 3.8) is 0 Å². The third-order valence-corrected chi connectivity index (χ3v) is 3.42. The molecule has 0 aliphatic carbocycles. The van der Waals surface area contributed by atoms with E-state index in [2.05, 4.69) is 65.7 Å². The molecule has 1 aliphatic heterocycles. The molecule has 0 saturated carbocycles. The third-order valence-electron chi connectivity index (χ3n) is 2.74. The van der Waals surface area contributed by atoms with Gasteiger partial charge in [0.05, 0.1) is 6.04 Å². The van der Waals surface area contributed by atoms with Crippen LogP contribution < -0.4 is 0 Å². The van der Waals surface area contributed by atoms with Crippen LogP contribution in [0.1, 0.15) is 19.4 Å². The fourth-order valence-electron chi connectivity index (χ4n) is 1.70. The largest absolute Gasteiger partial charge is 0.478 e. The van der Waals surface area contributed by atoms with E-state index in [1.54, 1.807) is 0 Å². The first-order valence-corrected chi connectivity index (χ1v) is 6.67. The predicted molar refractivity (Wildman–Crippen MR) is 74.9 cm³/mol. The van der Waals surface area contributed by atoms with Crippen LogP contribution in [0.4, 0.5) is 0 Å². The van der Waals surface area contributed by atoms with E-state index in [9.17, 15) is 0 Å². The molecule has 0 N–H and O–H groups in total. The zero-order valence-corrected chi connectivity index (χ0v) is 11.8. The zero-order chi connectivity index (χ0) is 11.5. The molecule has 1 aromatic carbocycles. The van der Waals surface area contributed by atoms with Crippen LogP contribution in [0.25, 0.3) is 0 Å². The van der Waals surface area contributed by atoms with Crippen molar-refractivity contribution < 1.29 is 4.74 Å². The van der Waals surface area contributed by atoms with Crippen LogP contribution in [-0.4, -0.2) is 18.5 Å². The Hall–Kier alpha value is -0.580. The molecule has 3 heteroatoms. The summed E-state index contributed by atoms with van der Waals surface area (Å²) in [5.41, 5.74) is 1.27. The number of hydrogen-bond acceptors (Lipinski definition) is 2. The molecule has 0 unspecified atom stereocenters. The number of hydrogen-bond donors (Lipinski definition) is 0.